The first-order chi connectivity index (χ1) is 9.03. The molecule has 0 bridgehead atoms. The Bertz CT molecular complexity index is 432. The van der Waals surface area contributed by atoms with Crippen LogP contribution in [0.15, 0.2) is 18.2 Å². The third kappa shape index (κ3) is 3.32. The summed E-state index contributed by atoms with van der Waals surface area (Å²) in [6.07, 6.45) is 0.993. The fraction of sp³-hybridized carbons (Fsp3) is 0.600. The minimum Gasteiger partial charge on any atom is -0.493 e. The highest BCUT2D eigenvalue weighted by molar-refractivity contribution is 5.61. The van der Waals surface area contributed by atoms with Crippen molar-refractivity contribution >= 4 is 11.4 Å². The third-order valence-electron chi connectivity index (χ3n) is 3.34. The molecule has 2 N–H and O–H groups in total. The zero-order chi connectivity index (χ0) is 13.9. The smallest absolute Gasteiger partial charge is 0.123 e. The molecule has 1 fully saturated rings. The molecule has 4 nitrogen and oxygen atoms in total. The van der Waals surface area contributed by atoms with Gasteiger partial charge in [-0.2, -0.15) is 0 Å². The number of benzene rings is 1. The highest BCUT2D eigenvalue weighted by Crippen LogP contribution is 2.31. The second kappa shape index (κ2) is 5.70. The molecule has 0 saturated carbocycles. The Hall–Kier alpha value is -1.42. The first kappa shape index (κ1) is 14.0. The number of nitrogens with zero attached hydrogens (tertiary/aromatic N) is 1. The molecule has 0 spiro atoms. The summed E-state index contributed by atoms with van der Waals surface area (Å²) in [5, 5.41) is 0. The van der Waals surface area contributed by atoms with Crippen LogP contribution in [0, 0.1) is 0 Å². The predicted molar refractivity (Wildman–Crippen MR) is 78.9 cm³/mol. The molecule has 0 aromatic heterocycles. The van der Waals surface area contributed by atoms with Crippen molar-refractivity contribution < 1.29 is 9.47 Å². The summed E-state index contributed by atoms with van der Waals surface area (Å²) in [5.41, 5.74) is 7.82. The quantitative estimate of drug-likeness (QED) is 0.849. The van der Waals surface area contributed by atoms with Crippen molar-refractivity contribution in [3.05, 3.63) is 18.2 Å². The minimum atomic E-state index is -0.0198. The number of rotatable bonds is 4. The zero-order valence-electron chi connectivity index (χ0n) is 12.1. The third-order valence-corrected chi connectivity index (χ3v) is 3.34. The Kier molecular flexibility index (Phi) is 4.20. The van der Waals surface area contributed by atoms with Crippen molar-refractivity contribution in [2.45, 2.75) is 32.7 Å². The van der Waals surface area contributed by atoms with Gasteiger partial charge in [0, 0.05) is 30.1 Å². The Balaban J connectivity index is 2.25. The molecule has 1 aromatic rings. The van der Waals surface area contributed by atoms with Crippen LogP contribution in [0.5, 0.6) is 5.75 Å². The number of hydrogen-bond donors (Lipinski definition) is 1. The Morgan fingerprint density at radius 2 is 2.16 bits per heavy atom. The van der Waals surface area contributed by atoms with E-state index in [1.807, 2.05) is 12.1 Å². The summed E-state index contributed by atoms with van der Waals surface area (Å²) in [6.45, 7) is 9.54. The fourth-order valence-electron chi connectivity index (χ4n) is 2.40. The molecule has 4 heteroatoms. The first-order valence-corrected chi connectivity index (χ1v) is 6.91. The van der Waals surface area contributed by atoms with Crippen molar-refractivity contribution in [2.24, 2.45) is 0 Å². The maximum atomic E-state index is 5.99. The summed E-state index contributed by atoms with van der Waals surface area (Å²) in [7, 11) is 0. The van der Waals surface area contributed by atoms with Crippen LogP contribution in [0.3, 0.4) is 0 Å². The van der Waals surface area contributed by atoms with Gasteiger partial charge >= 0.3 is 0 Å². The van der Waals surface area contributed by atoms with Gasteiger partial charge in [-0.05, 0) is 26.3 Å². The van der Waals surface area contributed by atoms with Crippen LogP contribution in [0.4, 0.5) is 11.4 Å². The van der Waals surface area contributed by atoms with Gasteiger partial charge in [-0.25, -0.2) is 0 Å². The van der Waals surface area contributed by atoms with Crippen LogP contribution < -0.4 is 15.4 Å². The molecular weight excluding hydrogens is 240 g/mol. The fourth-order valence-corrected chi connectivity index (χ4v) is 2.40. The molecule has 19 heavy (non-hydrogen) atoms. The number of anilines is 2. The maximum Gasteiger partial charge on any atom is 0.123 e. The molecule has 1 heterocycles. The van der Waals surface area contributed by atoms with E-state index in [0.29, 0.717) is 0 Å². The van der Waals surface area contributed by atoms with Crippen molar-refractivity contribution in [3.8, 4) is 5.75 Å². The first-order valence-electron chi connectivity index (χ1n) is 6.91. The average Bonchev–Trinajstić information content (AvgIpc) is 2.35. The van der Waals surface area contributed by atoms with Crippen LogP contribution in [0.1, 0.15) is 27.2 Å². The summed E-state index contributed by atoms with van der Waals surface area (Å²) in [5.74, 6) is 0.846. The number of morpholine rings is 1. The van der Waals surface area contributed by atoms with Gasteiger partial charge in [0.05, 0.1) is 25.4 Å². The van der Waals surface area contributed by atoms with Crippen LogP contribution >= 0.6 is 0 Å². The number of hydrogen-bond acceptors (Lipinski definition) is 4. The molecule has 106 valence electrons. The van der Waals surface area contributed by atoms with Crippen LogP contribution in [0.25, 0.3) is 0 Å². The number of nitrogen functional groups attached to an aromatic ring is 1. The van der Waals surface area contributed by atoms with Crippen molar-refractivity contribution in [1.82, 2.24) is 0 Å². The van der Waals surface area contributed by atoms with Gasteiger partial charge in [0.25, 0.3) is 0 Å². The largest absolute Gasteiger partial charge is 0.493 e. The van der Waals surface area contributed by atoms with E-state index in [1.54, 1.807) is 0 Å². The van der Waals surface area contributed by atoms with E-state index in [4.69, 9.17) is 15.2 Å². The van der Waals surface area contributed by atoms with Gasteiger partial charge in [0.2, 0.25) is 0 Å². The number of nitrogens with two attached hydrogens (primary N) is 1. The molecule has 0 aliphatic carbocycles. The zero-order valence-corrected chi connectivity index (χ0v) is 12.1. The van der Waals surface area contributed by atoms with Crippen molar-refractivity contribution in [3.63, 3.8) is 0 Å². The maximum absolute atomic E-state index is 5.99. The summed E-state index contributed by atoms with van der Waals surface area (Å²) in [6, 6.07) is 5.96. The molecular formula is C15H24N2O2. The van der Waals surface area contributed by atoms with E-state index >= 15 is 0 Å². The van der Waals surface area contributed by atoms with Crippen molar-refractivity contribution in [1.29, 1.82) is 0 Å². The van der Waals surface area contributed by atoms with Gasteiger partial charge in [-0.1, -0.05) is 6.92 Å². The van der Waals surface area contributed by atoms with E-state index < -0.39 is 0 Å². The molecule has 0 radical (unpaired) electrons. The Labute approximate surface area is 115 Å². The molecule has 1 saturated heterocycles. The van der Waals surface area contributed by atoms with Gasteiger partial charge in [0.15, 0.2) is 0 Å². The lowest BCUT2D eigenvalue weighted by Crippen LogP contribution is -2.53. The molecule has 1 aromatic carbocycles. The van der Waals surface area contributed by atoms with Gasteiger partial charge in [-0.15, -0.1) is 0 Å². The molecule has 1 aliphatic rings. The summed E-state index contributed by atoms with van der Waals surface area (Å²) >= 11 is 0. The lowest BCUT2D eigenvalue weighted by molar-refractivity contribution is 0.0644. The Morgan fingerprint density at radius 3 is 2.84 bits per heavy atom. The molecule has 1 aliphatic heterocycles. The SMILES string of the molecule is CCCOc1cc(N)cc(N2CCOCC2(C)C)c1. The second-order valence-electron chi connectivity index (χ2n) is 5.63. The topological polar surface area (TPSA) is 47.7 Å². The molecule has 0 unspecified atom stereocenters. The van der Waals surface area contributed by atoms with E-state index in [0.717, 1.165) is 49.9 Å². The number of ether oxygens (including phenoxy) is 2. The minimum absolute atomic E-state index is 0.0198. The monoisotopic (exact) mass is 264 g/mol. The lowest BCUT2D eigenvalue weighted by Gasteiger charge is -2.44. The standard InChI is InChI=1S/C15H24N2O2/c1-4-6-19-14-9-12(16)8-13(10-14)17-5-7-18-11-15(17,2)3/h8-10H,4-7,11,16H2,1-3H3. The summed E-state index contributed by atoms with van der Waals surface area (Å²) < 4.78 is 11.3. The normalized spacial score (nSPS) is 18.4. The van der Waals surface area contributed by atoms with Crippen LogP contribution in [-0.2, 0) is 4.74 Å². The van der Waals surface area contributed by atoms with Crippen LogP contribution in [-0.4, -0.2) is 31.9 Å². The van der Waals surface area contributed by atoms with Gasteiger partial charge in [-0.3, -0.25) is 0 Å². The van der Waals surface area contributed by atoms with E-state index in [1.165, 1.54) is 0 Å². The van der Waals surface area contributed by atoms with Crippen LogP contribution in [0.2, 0.25) is 0 Å². The predicted octanol–water partition coefficient (Wildman–Crippen LogP) is 2.67. The van der Waals surface area contributed by atoms with Gasteiger partial charge < -0.3 is 20.1 Å². The van der Waals surface area contributed by atoms with E-state index in [-0.39, 0.29) is 5.54 Å². The summed E-state index contributed by atoms with van der Waals surface area (Å²) in [4.78, 5) is 2.34. The molecule has 2 rings (SSSR count). The molecule has 0 atom stereocenters. The van der Waals surface area contributed by atoms with E-state index in [2.05, 4.69) is 31.7 Å². The second-order valence-corrected chi connectivity index (χ2v) is 5.63. The van der Waals surface area contributed by atoms with Crippen molar-refractivity contribution in [2.75, 3.05) is 37.0 Å². The highest BCUT2D eigenvalue weighted by Gasteiger charge is 2.31. The Morgan fingerprint density at radius 1 is 1.37 bits per heavy atom. The average molecular weight is 264 g/mol. The molecule has 0 amide bonds. The van der Waals surface area contributed by atoms with E-state index in [9.17, 15) is 0 Å². The van der Waals surface area contributed by atoms with Gasteiger partial charge in [0.1, 0.15) is 5.75 Å². The highest BCUT2D eigenvalue weighted by atomic mass is 16.5. The lowest BCUT2D eigenvalue weighted by atomic mass is 10.0.